The molecule has 1 fully saturated rings. The fraction of sp³-hybridized carbons (Fsp3) is 0.304. The van der Waals surface area contributed by atoms with Gasteiger partial charge in [-0.05, 0) is 37.3 Å². The van der Waals surface area contributed by atoms with Crippen molar-refractivity contribution in [1.82, 2.24) is 15.1 Å². The van der Waals surface area contributed by atoms with E-state index in [4.69, 9.17) is 16.7 Å². The van der Waals surface area contributed by atoms with Crippen LogP contribution >= 0.6 is 11.6 Å². The summed E-state index contributed by atoms with van der Waals surface area (Å²) in [6.45, 7) is 0.488. The summed E-state index contributed by atoms with van der Waals surface area (Å²) in [5.41, 5.74) is 3.06. The molecule has 1 aromatic heterocycles. The van der Waals surface area contributed by atoms with Crippen LogP contribution in [0.1, 0.15) is 41.6 Å². The fourth-order valence-electron chi connectivity index (χ4n) is 3.76. The van der Waals surface area contributed by atoms with Crippen molar-refractivity contribution >= 4 is 17.5 Å². The lowest BCUT2D eigenvalue weighted by molar-refractivity contribution is 0.0868. The number of aliphatic hydroxyl groups excluding tert-OH is 1. The number of benzene rings is 2. The summed E-state index contributed by atoms with van der Waals surface area (Å²) in [4.78, 5) is 13.1. The fourth-order valence-corrected chi connectivity index (χ4v) is 3.96. The third-order valence-electron chi connectivity index (χ3n) is 5.38. The van der Waals surface area contributed by atoms with Crippen LogP contribution in [-0.2, 0) is 6.54 Å². The Morgan fingerprint density at radius 1 is 1.07 bits per heavy atom. The van der Waals surface area contributed by atoms with E-state index in [1.807, 2.05) is 54.6 Å². The summed E-state index contributed by atoms with van der Waals surface area (Å²) in [5.74, 6) is -0.129. The second kappa shape index (κ2) is 8.80. The number of hydrogen-bond acceptors (Lipinski definition) is 3. The highest BCUT2D eigenvalue weighted by atomic mass is 35.5. The van der Waals surface area contributed by atoms with Crippen LogP contribution in [0.15, 0.2) is 60.8 Å². The summed E-state index contributed by atoms with van der Waals surface area (Å²) in [6, 6.07) is 17.4. The molecule has 0 unspecified atom stereocenters. The van der Waals surface area contributed by atoms with E-state index in [2.05, 4.69) is 5.32 Å². The minimum absolute atomic E-state index is 0.0847. The van der Waals surface area contributed by atoms with Gasteiger partial charge in [0, 0.05) is 22.8 Å². The van der Waals surface area contributed by atoms with Gasteiger partial charge in [-0.15, -0.1) is 0 Å². The maximum absolute atomic E-state index is 13.1. The molecule has 2 aromatic carbocycles. The molecule has 0 spiro atoms. The Labute approximate surface area is 175 Å². The number of amides is 1. The Balaban J connectivity index is 1.61. The zero-order valence-electron chi connectivity index (χ0n) is 16.1. The molecule has 6 heteroatoms. The number of nitrogens with zero attached hydrogens (tertiary/aromatic N) is 2. The number of aromatic nitrogens is 2. The van der Waals surface area contributed by atoms with Crippen LogP contribution in [0.25, 0.3) is 11.3 Å². The third kappa shape index (κ3) is 4.69. The van der Waals surface area contributed by atoms with Gasteiger partial charge in [0.05, 0.1) is 18.2 Å². The van der Waals surface area contributed by atoms with Crippen LogP contribution in [-0.4, -0.2) is 32.9 Å². The number of carbonyl (C=O) groups is 1. The molecule has 5 nitrogen and oxygen atoms in total. The average Bonchev–Trinajstić information content (AvgIpc) is 3.16. The van der Waals surface area contributed by atoms with Crippen LogP contribution in [0.3, 0.4) is 0 Å². The topological polar surface area (TPSA) is 67.2 Å². The Bertz CT molecular complexity index is 979. The molecule has 0 saturated heterocycles. The van der Waals surface area contributed by atoms with E-state index in [1.165, 1.54) is 0 Å². The zero-order chi connectivity index (χ0) is 20.2. The number of aliphatic hydroxyl groups is 1. The van der Waals surface area contributed by atoms with Gasteiger partial charge in [-0.1, -0.05) is 60.1 Å². The van der Waals surface area contributed by atoms with E-state index < -0.39 is 0 Å². The molecule has 1 heterocycles. The van der Waals surface area contributed by atoms with Gasteiger partial charge in [0.15, 0.2) is 0 Å². The van der Waals surface area contributed by atoms with Gasteiger partial charge in [0.25, 0.3) is 5.91 Å². The zero-order valence-corrected chi connectivity index (χ0v) is 16.8. The number of carbonyl (C=O) groups excluding carboxylic acids is 1. The number of rotatable bonds is 5. The first-order chi connectivity index (χ1) is 14.1. The van der Waals surface area contributed by atoms with Crippen LogP contribution in [0.5, 0.6) is 0 Å². The Morgan fingerprint density at radius 2 is 1.76 bits per heavy atom. The standard InChI is InChI=1S/C23H24ClN3O2/c24-21-9-5-4-8-17(21)14-27-15-20(22(26-27)16-6-2-1-3-7-16)23(29)25-18-10-12-19(28)13-11-18/h1-9,15,18-19,28H,10-14H2,(H,25,29). The van der Waals surface area contributed by atoms with Crippen molar-refractivity contribution < 1.29 is 9.90 Å². The van der Waals surface area contributed by atoms with Crippen molar-refractivity contribution in [2.24, 2.45) is 0 Å². The molecule has 150 valence electrons. The lowest BCUT2D eigenvalue weighted by Gasteiger charge is -2.26. The maximum Gasteiger partial charge on any atom is 0.255 e. The quantitative estimate of drug-likeness (QED) is 0.660. The SMILES string of the molecule is O=C(NC1CCC(O)CC1)c1cn(Cc2ccccc2Cl)nc1-c1ccccc1. The molecule has 2 N–H and O–H groups in total. The number of halogens is 1. The molecule has 0 aliphatic heterocycles. The van der Waals surface area contributed by atoms with Gasteiger partial charge < -0.3 is 10.4 Å². The Morgan fingerprint density at radius 3 is 2.48 bits per heavy atom. The summed E-state index contributed by atoms with van der Waals surface area (Å²) >= 11 is 6.30. The maximum atomic E-state index is 13.1. The van der Waals surface area contributed by atoms with Gasteiger partial charge in [-0.25, -0.2) is 0 Å². The van der Waals surface area contributed by atoms with Crippen molar-refractivity contribution in [2.45, 2.75) is 44.4 Å². The van der Waals surface area contributed by atoms with Crippen LogP contribution < -0.4 is 5.32 Å². The summed E-state index contributed by atoms with van der Waals surface area (Å²) in [6.07, 6.45) is 4.58. The minimum atomic E-state index is -0.249. The van der Waals surface area contributed by atoms with E-state index in [0.29, 0.717) is 22.8 Å². The van der Waals surface area contributed by atoms with Crippen molar-refractivity contribution in [3.63, 3.8) is 0 Å². The number of hydrogen-bond donors (Lipinski definition) is 2. The highest BCUT2D eigenvalue weighted by Gasteiger charge is 2.24. The van der Waals surface area contributed by atoms with Gasteiger partial charge in [-0.3, -0.25) is 9.48 Å². The second-order valence-electron chi connectivity index (χ2n) is 7.53. The molecule has 1 aliphatic carbocycles. The Kier molecular flexibility index (Phi) is 5.97. The van der Waals surface area contributed by atoms with Crippen LogP contribution in [0, 0.1) is 0 Å². The first-order valence-electron chi connectivity index (χ1n) is 9.95. The van der Waals surface area contributed by atoms with Gasteiger partial charge in [0.1, 0.15) is 5.69 Å². The van der Waals surface area contributed by atoms with E-state index >= 15 is 0 Å². The smallest absolute Gasteiger partial charge is 0.255 e. The molecule has 3 aromatic rings. The molecular weight excluding hydrogens is 386 g/mol. The van der Waals surface area contributed by atoms with E-state index in [0.717, 1.165) is 36.8 Å². The second-order valence-corrected chi connectivity index (χ2v) is 7.93. The van der Waals surface area contributed by atoms with Crippen LogP contribution in [0.2, 0.25) is 5.02 Å². The average molecular weight is 410 g/mol. The monoisotopic (exact) mass is 409 g/mol. The summed E-state index contributed by atoms with van der Waals surface area (Å²) in [5, 5.41) is 18.2. The summed E-state index contributed by atoms with van der Waals surface area (Å²) in [7, 11) is 0. The molecule has 0 bridgehead atoms. The van der Waals surface area contributed by atoms with E-state index in [-0.39, 0.29) is 18.1 Å². The predicted molar refractivity (Wildman–Crippen MR) is 114 cm³/mol. The molecule has 0 radical (unpaired) electrons. The number of nitrogens with one attached hydrogen (secondary N) is 1. The summed E-state index contributed by atoms with van der Waals surface area (Å²) < 4.78 is 1.77. The lowest BCUT2D eigenvalue weighted by atomic mass is 9.93. The van der Waals surface area contributed by atoms with Gasteiger partial charge >= 0.3 is 0 Å². The van der Waals surface area contributed by atoms with Gasteiger partial charge in [-0.2, -0.15) is 5.10 Å². The predicted octanol–water partition coefficient (Wildman–Crippen LogP) is 4.29. The third-order valence-corrected chi connectivity index (χ3v) is 5.74. The molecule has 1 aliphatic rings. The molecule has 1 saturated carbocycles. The van der Waals surface area contributed by atoms with E-state index in [9.17, 15) is 9.90 Å². The largest absolute Gasteiger partial charge is 0.393 e. The molecule has 4 rings (SSSR count). The van der Waals surface area contributed by atoms with Crippen molar-refractivity contribution in [1.29, 1.82) is 0 Å². The molecular formula is C23H24ClN3O2. The van der Waals surface area contributed by atoms with Gasteiger partial charge in [0.2, 0.25) is 0 Å². The normalized spacial score (nSPS) is 19.1. The minimum Gasteiger partial charge on any atom is -0.393 e. The molecule has 0 atom stereocenters. The highest BCUT2D eigenvalue weighted by molar-refractivity contribution is 6.31. The molecule has 29 heavy (non-hydrogen) atoms. The van der Waals surface area contributed by atoms with E-state index in [1.54, 1.807) is 10.9 Å². The van der Waals surface area contributed by atoms with Crippen LogP contribution in [0.4, 0.5) is 0 Å². The lowest BCUT2D eigenvalue weighted by Crippen LogP contribution is -2.38. The molecule has 1 amide bonds. The van der Waals surface area contributed by atoms with Crippen molar-refractivity contribution in [2.75, 3.05) is 0 Å². The highest BCUT2D eigenvalue weighted by Crippen LogP contribution is 2.25. The Hall–Kier alpha value is -2.63. The van der Waals surface area contributed by atoms with Crippen molar-refractivity contribution in [3.8, 4) is 11.3 Å². The first-order valence-corrected chi connectivity index (χ1v) is 10.3. The van der Waals surface area contributed by atoms with Crippen molar-refractivity contribution in [3.05, 3.63) is 76.9 Å². The first kappa shape index (κ1) is 19.7.